The van der Waals surface area contributed by atoms with Crippen molar-refractivity contribution in [2.24, 2.45) is 11.7 Å². The molecular weight excluding hydrogens is 236 g/mol. The molecule has 0 unspecified atom stereocenters. The highest BCUT2D eigenvalue weighted by atomic mass is 35.5. The van der Waals surface area contributed by atoms with E-state index in [-0.39, 0.29) is 23.9 Å². The molecule has 0 heterocycles. The maximum absolute atomic E-state index is 13.3. The number of benzene rings is 1. The molecular formula is C11H16ClF2NO. The van der Waals surface area contributed by atoms with E-state index in [1.165, 1.54) is 6.07 Å². The second-order valence-corrected chi connectivity index (χ2v) is 3.90. The Kier molecular flexibility index (Phi) is 5.86. The molecule has 92 valence electrons. The molecule has 5 heteroatoms. The molecule has 16 heavy (non-hydrogen) atoms. The zero-order chi connectivity index (χ0) is 11.6. The lowest BCUT2D eigenvalue weighted by molar-refractivity contribution is 0.0952. The fourth-order valence-electron chi connectivity index (χ4n) is 1.41. The van der Waals surface area contributed by atoms with E-state index in [2.05, 4.69) is 0 Å². The Morgan fingerprint density at radius 2 is 1.62 bits per heavy atom. The third kappa shape index (κ3) is 3.14. The summed E-state index contributed by atoms with van der Waals surface area (Å²) in [4.78, 5) is 0. The minimum atomic E-state index is -1.04. The summed E-state index contributed by atoms with van der Waals surface area (Å²) in [5.41, 5.74) is 5.36. The summed E-state index contributed by atoms with van der Waals surface area (Å²) in [5, 5.41) is 9.64. The number of halogens is 3. The smallest absolute Gasteiger partial charge is 0.131 e. The van der Waals surface area contributed by atoms with Gasteiger partial charge in [-0.1, -0.05) is 19.9 Å². The van der Waals surface area contributed by atoms with Gasteiger partial charge in [0, 0.05) is 5.56 Å². The van der Waals surface area contributed by atoms with Crippen LogP contribution in [0.3, 0.4) is 0 Å². The van der Waals surface area contributed by atoms with Crippen molar-refractivity contribution < 1.29 is 13.9 Å². The molecule has 2 nitrogen and oxygen atoms in total. The molecule has 2 atom stereocenters. The Balaban J connectivity index is 0.00000225. The summed E-state index contributed by atoms with van der Waals surface area (Å²) in [6, 6.07) is 2.49. The third-order valence-corrected chi connectivity index (χ3v) is 2.38. The predicted molar refractivity (Wildman–Crippen MR) is 61.4 cm³/mol. The molecule has 0 fully saturated rings. The zero-order valence-corrected chi connectivity index (χ0v) is 9.97. The first-order chi connectivity index (χ1) is 6.95. The van der Waals surface area contributed by atoms with Gasteiger partial charge in [-0.3, -0.25) is 0 Å². The summed E-state index contributed by atoms with van der Waals surface area (Å²) in [6.07, 6.45) is -0.962. The molecule has 1 aromatic carbocycles. The quantitative estimate of drug-likeness (QED) is 0.867. The highest BCUT2D eigenvalue weighted by molar-refractivity contribution is 5.85. The van der Waals surface area contributed by atoms with Gasteiger partial charge in [0.25, 0.3) is 0 Å². The first kappa shape index (κ1) is 15.3. The molecule has 0 aliphatic rings. The number of rotatable bonds is 3. The fraction of sp³-hybridized carbons (Fsp3) is 0.455. The van der Waals surface area contributed by atoms with Gasteiger partial charge in [-0.25, -0.2) is 8.78 Å². The largest absolute Gasteiger partial charge is 0.391 e. The van der Waals surface area contributed by atoms with E-state index in [1.54, 1.807) is 13.8 Å². The Bertz CT molecular complexity index is 327. The van der Waals surface area contributed by atoms with E-state index in [4.69, 9.17) is 5.73 Å². The van der Waals surface area contributed by atoms with Crippen molar-refractivity contribution >= 4 is 12.4 Å². The molecule has 0 bridgehead atoms. The molecule has 3 N–H and O–H groups in total. The predicted octanol–water partition coefficient (Wildman–Crippen LogP) is 2.40. The van der Waals surface area contributed by atoms with Gasteiger partial charge in [0.05, 0.1) is 12.1 Å². The number of aliphatic hydroxyl groups is 1. The molecule has 0 radical (unpaired) electrons. The topological polar surface area (TPSA) is 46.2 Å². The summed E-state index contributed by atoms with van der Waals surface area (Å²) < 4.78 is 26.6. The van der Waals surface area contributed by atoms with E-state index in [9.17, 15) is 13.9 Å². The zero-order valence-electron chi connectivity index (χ0n) is 9.15. The molecule has 0 saturated heterocycles. The van der Waals surface area contributed by atoms with Crippen molar-refractivity contribution in [2.75, 3.05) is 0 Å². The summed E-state index contributed by atoms with van der Waals surface area (Å²) in [6.45, 7) is 3.48. The molecule has 0 saturated carbocycles. The molecule has 0 aliphatic carbocycles. The molecule has 0 aromatic heterocycles. The minimum absolute atomic E-state index is 0. The maximum Gasteiger partial charge on any atom is 0.131 e. The van der Waals surface area contributed by atoms with Crippen molar-refractivity contribution in [2.45, 2.75) is 26.0 Å². The number of aliphatic hydroxyl groups excluding tert-OH is 1. The maximum atomic E-state index is 13.3. The monoisotopic (exact) mass is 251 g/mol. The Labute approximate surface area is 99.9 Å². The van der Waals surface area contributed by atoms with Crippen LogP contribution in [0, 0.1) is 17.6 Å². The van der Waals surface area contributed by atoms with E-state index in [0.717, 1.165) is 12.1 Å². The lowest BCUT2D eigenvalue weighted by Gasteiger charge is -2.23. The lowest BCUT2D eigenvalue weighted by atomic mass is 9.94. The van der Waals surface area contributed by atoms with Gasteiger partial charge in [-0.15, -0.1) is 12.4 Å². The van der Waals surface area contributed by atoms with Crippen molar-refractivity contribution in [3.63, 3.8) is 0 Å². The van der Waals surface area contributed by atoms with Crippen molar-refractivity contribution in [1.29, 1.82) is 0 Å². The van der Waals surface area contributed by atoms with Gasteiger partial charge in [-0.2, -0.15) is 0 Å². The molecule has 1 aromatic rings. The standard InChI is InChI=1S/C11H15F2NO.ClH/c1-6(2)11(15)10(14)9-7(12)4-3-5-8(9)13;/h3-6,10-11,15H,14H2,1-2H3;1H/t10-,11+;/m1./s1. The fourth-order valence-corrected chi connectivity index (χ4v) is 1.41. The summed E-state index contributed by atoms with van der Waals surface area (Å²) in [5.74, 6) is -1.59. The highest BCUT2D eigenvalue weighted by Crippen LogP contribution is 2.24. The lowest BCUT2D eigenvalue weighted by Crippen LogP contribution is -2.32. The average Bonchev–Trinajstić information content (AvgIpc) is 2.15. The van der Waals surface area contributed by atoms with Crippen molar-refractivity contribution in [1.82, 2.24) is 0 Å². The van der Waals surface area contributed by atoms with Crippen LogP contribution in [0.4, 0.5) is 8.78 Å². The van der Waals surface area contributed by atoms with E-state index >= 15 is 0 Å². The van der Waals surface area contributed by atoms with Crippen LogP contribution in [0.15, 0.2) is 18.2 Å². The van der Waals surface area contributed by atoms with Crippen LogP contribution in [0.1, 0.15) is 25.5 Å². The molecule has 0 aliphatic heterocycles. The first-order valence-electron chi connectivity index (χ1n) is 4.82. The normalized spacial score (nSPS) is 14.4. The van der Waals surface area contributed by atoms with E-state index in [1.807, 2.05) is 0 Å². The van der Waals surface area contributed by atoms with Crippen LogP contribution in [-0.2, 0) is 0 Å². The third-order valence-electron chi connectivity index (χ3n) is 2.38. The van der Waals surface area contributed by atoms with Gasteiger partial charge < -0.3 is 10.8 Å². The van der Waals surface area contributed by atoms with Crippen molar-refractivity contribution in [3.8, 4) is 0 Å². The molecule has 0 spiro atoms. The molecule has 1 rings (SSSR count). The Morgan fingerprint density at radius 3 is 2.00 bits per heavy atom. The van der Waals surface area contributed by atoms with Gasteiger partial charge in [0.15, 0.2) is 0 Å². The average molecular weight is 252 g/mol. The first-order valence-corrected chi connectivity index (χ1v) is 4.82. The Morgan fingerprint density at radius 1 is 1.19 bits per heavy atom. The van der Waals surface area contributed by atoms with Crippen LogP contribution in [0.25, 0.3) is 0 Å². The minimum Gasteiger partial charge on any atom is -0.391 e. The second kappa shape index (κ2) is 6.13. The highest BCUT2D eigenvalue weighted by Gasteiger charge is 2.25. The van der Waals surface area contributed by atoms with Crippen molar-refractivity contribution in [3.05, 3.63) is 35.4 Å². The number of hydrogen-bond donors (Lipinski definition) is 2. The van der Waals surface area contributed by atoms with Crippen LogP contribution >= 0.6 is 12.4 Å². The van der Waals surface area contributed by atoms with Crippen LogP contribution in [0.2, 0.25) is 0 Å². The van der Waals surface area contributed by atoms with Gasteiger partial charge in [-0.05, 0) is 18.1 Å². The van der Waals surface area contributed by atoms with Crippen LogP contribution in [-0.4, -0.2) is 11.2 Å². The van der Waals surface area contributed by atoms with Gasteiger partial charge in [0.1, 0.15) is 11.6 Å². The second-order valence-electron chi connectivity index (χ2n) is 3.90. The summed E-state index contributed by atoms with van der Waals surface area (Å²) in [7, 11) is 0. The SMILES string of the molecule is CC(C)[C@H](O)[C@H](N)c1c(F)cccc1F.Cl. The summed E-state index contributed by atoms with van der Waals surface area (Å²) >= 11 is 0. The van der Waals surface area contributed by atoms with E-state index in [0.29, 0.717) is 0 Å². The van der Waals surface area contributed by atoms with Gasteiger partial charge >= 0.3 is 0 Å². The molecule has 0 amide bonds. The van der Waals surface area contributed by atoms with E-state index < -0.39 is 23.8 Å². The number of hydrogen-bond acceptors (Lipinski definition) is 2. The van der Waals surface area contributed by atoms with Crippen LogP contribution < -0.4 is 5.73 Å². The van der Waals surface area contributed by atoms with Crippen LogP contribution in [0.5, 0.6) is 0 Å². The van der Waals surface area contributed by atoms with Gasteiger partial charge in [0.2, 0.25) is 0 Å². The Hall–Kier alpha value is -0.710. The number of nitrogens with two attached hydrogens (primary N) is 1.